The molecule has 2 amide bonds. The average Bonchev–Trinajstić information content (AvgIpc) is 3.34. The van der Waals surface area contributed by atoms with Crippen molar-refractivity contribution in [3.63, 3.8) is 0 Å². The molecule has 0 radical (unpaired) electrons. The maximum Gasteiger partial charge on any atom is 0.329 e. The predicted molar refractivity (Wildman–Crippen MR) is 284 cm³/mol. The maximum absolute atomic E-state index is 13.6. The molecule has 0 aliphatic carbocycles. The number of esters is 2. The minimum atomic E-state index is -1.79. The molecule has 1 aliphatic heterocycles. The van der Waals surface area contributed by atoms with E-state index in [1.165, 1.54) is 109 Å². The second kappa shape index (κ2) is 45.4. The van der Waals surface area contributed by atoms with Crippen LogP contribution in [0.4, 0.5) is 0 Å². The second-order valence-electron chi connectivity index (χ2n) is 20.7. The molecule has 17 nitrogen and oxygen atoms in total. The lowest BCUT2D eigenvalue weighted by Gasteiger charge is -2.44. The highest BCUT2D eigenvalue weighted by Gasteiger charge is 2.50. The predicted octanol–water partition coefficient (Wildman–Crippen LogP) is 11.4. The van der Waals surface area contributed by atoms with Crippen molar-refractivity contribution in [2.45, 2.75) is 314 Å². The zero-order chi connectivity index (χ0) is 54.6. The van der Waals surface area contributed by atoms with Gasteiger partial charge in [-0.1, -0.05) is 213 Å². The van der Waals surface area contributed by atoms with Gasteiger partial charge in [0.2, 0.25) is 11.8 Å². The number of aliphatic carboxylic acids is 3. The molecule has 1 rings (SSSR count). The fourth-order valence-corrected chi connectivity index (χ4v) is 9.41. The van der Waals surface area contributed by atoms with Crippen LogP contribution in [0.25, 0.3) is 0 Å². The zero-order valence-corrected chi connectivity index (χ0v) is 46.1. The molecule has 430 valence electrons. The third-order valence-electron chi connectivity index (χ3n) is 13.8. The summed E-state index contributed by atoms with van der Waals surface area (Å²) < 4.78 is 23.4. The smallest absolute Gasteiger partial charge is 0.329 e. The Kier molecular flexibility index (Phi) is 41.8. The highest BCUT2D eigenvalue weighted by Crippen LogP contribution is 2.29. The van der Waals surface area contributed by atoms with Gasteiger partial charge in [0, 0.05) is 19.3 Å². The number of nitrogens with one attached hydrogen (secondary N) is 2. The summed E-state index contributed by atoms with van der Waals surface area (Å²) in [5, 5.41) is 46.1. The number of hydrogen-bond acceptors (Lipinski definition) is 12. The largest absolute Gasteiger partial charge is 0.481 e. The topological polar surface area (TPSA) is 261 Å². The first kappa shape index (κ1) is 68.2. The molecule has 0 aromatic heterocycles. The number of carbonyl (C=O) groups is 7. The van der Waals surface area contributed by atoms with Crippen LogP contribution in [0.1, 0.15) is 271 Å². The first-order chi connectivity index (χ1) is 35.7. The normalized spacial score (nSPS) is 17.9. The summed E-state index contributed by atoms with van der Waals surface area (Å²) in [4.78, 5) is 89.2. The van der Waals surface area contributed by atoms with Crippen molar-refractivity contribution < 1.29 is 72.9 Å². The third kappa shape index (κ3) is 36.2. The van der Waals surface area contributed by atoms with Gasteiger partial charge in [-0.15, -0.1) is 0 Å². The number of carboxylic acids is 3. The average molecular weight is 1060 g/mol. The molecule has 6 atom stereocenters. The van der Waals surface area contributed by atoms with Crippen LogP contribution in [-0.4, -0.2) is 111 Å². The van der Waals surface area contributed by atoms with Crippen LogP contribution in [0, 0.1) is 0 Å². The summed E-state index contributed by atoms with van der Waals surface area (Å²) in [5.41, 5.74) is 0. The van der Waals surface area contributed by atoms with Gasteiger partial charge in [0.1, 0.15) is 30.9 Å². The number of carboxylic acid groups (broad SMARTS) is 3. The van der Waals surface area contributed by atoms with E-state index in [0.717, 1.165) is 83.5 Å². The Morgan fingerprint density at radius 2 is 0.851 bits per heavy atom. The molecule has 1 aliphatic rings. The highest BCUT2D eigenvalue weighted by molar-refractivity contribution is 5.87. The van der Waals surface area contributed by atoms with Crippen molar-refractivity contribution in [1.29, 1.82) is 0 Å². The first-order valence-electron chi connectivity index (χ1n) is 29.3. The third-order valence-corrected chi connectivity index (χ3v) is 13.8. The maximum atomic E-state index is 13.6. The molecule has 74 heavy (non-hydrogen) atoms. The number of aliphatic hydroxyl groups is 1. The van der Waals surface area contributed by atoms with E-state index >= 15 is 0 Å². The van der Waals surface area contributed by atoms with E-state index in [4.69, 9.17) is 18.9 Å². The van der Waals surface area contributed by atoms with Gasteiger partial charge in [-0.3, -0.25) is 28.8 Å². The van der Waals surface area contributed by atoms with Crippen LogP contribution in [0.3, 0.4) is 0 Å². The van der Waals surface area contributed by atoms with Crippen LogP contribution < -0.4 is 10.6 Å². The van der Waals surface area contributed by atoms with Crippen molar-refractivity contribution in [2.75, 3.05) is 6.61 Å². The van der Waals surface area contributed by atoms with Gasteiger partial charge in [0.25, 0.3) is 0 Å². The van der Waals surface area contributed by atoms with E-state index in [1.54, 1.807) is 0 Å². The number of carbonyl (C=O) groups excluding carboxylic acids is 4. The Labute approximate surface area is 444 Å². The van der Waals surface area contributed by atoms with Crippen molar-refractivity contribution >= 4 is 41.7 Å². The molecule has 0 bridgehead atoms. The highest BCUT2D eigenvalue weighted by atomic mass is 16.7. The standard InChI is InChI=1S/C57H102N2O15/c1-4-7-10-13-16-19-22-25-28-31-34-37-47(60)58-45(42-51(66)67)56(70)71-43-46-54(69)55(74-52(68)39-36-33-30-27-24-21-18-15-12-9-6-3)53(57(73-46)72-44(40-49(62)63)41-50(64)65)59-48(61)38-35-32-29-26-23-20-17-14-11-8-5-2/h44-46,53-55,57,69H,4-43H2,1-3H3,(H,58,60)(H,59,61)(H,62,63)(H,64,65)(H,66,67)/t45-,46+,53+,54+,55+,57-/m0/s1. The molecule has 0 unspecified atom stereocenters. The monoisotopic (exact) mass is 1050 g/mol. The van der Waals surface area contributed by atoms with E-state index in [1.807, 2.05) is 0 Å². The molecular weight excluding hydrogens is 953 g/mol. The van der Waals surface area contributed by atoms with Crippen molar-refractivity contribution in [1.82, 2.24) is 10.6 Å². The molecule has 1 saturated heterocycles. The Morgan fingerprint density at radius 3 is 1.24 bits per heavy atom. The number of hydrogen-bond donors (Lipinski definition) is 6. The SMILES string of the molecule is CCCCCCCCCCCCCC(=O)N[C@H]1[C@@H](OC(CC(=O)O)CC(=O)O)O[C@H](COC(=O)[C@H](CC(=O)O)NC(=O)CCCCCCCCCCCCC)[C@@H](O)[C@@H]1OC(=O)CCCCCCCCCCCCC. The fraction of sp³-hybridized carbons (Fsp3) is 0.877. The van der Waals surface area contributed by atoms with E-state index < -0.39 is 110 Å². The van der Waals surface area contributed by atoms with Gasteiger partial charge in [-0.25, -0.2) is 4.79 Å². The van der Waals surface area contributed by atoms with E-state index in [-0.39, 0.29) is 19.3 Å². The zero-order valence-electron chi connectivity index (χ0n) is 46.1. The lowest BCUT2D eigenvalue weighted by atomic mass is 9.95. The molecule has 0 spiro atoms. The second-order valence-corrected chi connectivity index (χ2v) is 20.7. The lowest BCUT2D eigenvalue weighted by molar-refractivity contribution is -0.286. The molecule has 1 heterocycles. The van der Waals surface area contributed by atoms with Gasteiger partial charge >= 0.3 is 29.8 Å². The van der Waals surface area contributed by atoms with E-state index in [9.17, 15) is 54.0 Å². The Bertz CT molecular complexity index is 1500. The summed E-state index contributed by atoms with van der Waals surface area (Å²) in [6, 6.07) is -3.06. The van der Waals surface area contributed by atoms with Crippen molar-refractivity contribution in [3.8, 4) is 0 Å². The molecule has 1 fully saturated rings. The van der Waals surface area contributed by atoms with Crippen LogP contribution in [0.2, 0.25) is 0 Å². The van der Waals surface area contributed by atoms with E-state index in [2.05, 4.69) is 31.4 Å². The number of unbranched alkanes of at least 4 members (excludes halogenated alkanes) is 30. The molecule has 17 heteroatoms. The number of rotatable bonds is 50. The summed E-state index contributed by atoms with van der Waals surface area (Å²) in [6.45, 7) is 5.80. The summed E-state index contributed by atoms with van der Waals surface area (Å²) in [7, 11) is 0. The molecule has 0 saturated carbocycles. The summed E-state index contributed by atoms with van der Waals surface area (Å²) >= 11 is 0. The number of amides is 2. The summed E-state index contributed by atoms with van der Waals surface area (Å²) in [5.74, 6) is -7.05. The molecule has 6 N–H and O–H groups in total. The van der Waals surface area contributed by atoms with Gasteiger partial charge in [-0.05, 0) is 19.3 Å². The van der Waals surface area contributed by atoms with Gasteiger partial charge in [0.15, 0.2) is 12.4 Å². The fourth-order valence-electron chi connectivity index (χ4n) is 9.41. The van der Waals surface area contributed by atoms with Gasteiger partial charge in [-0.2, -0.15) is 0 Å². The molecular formula is C57H102N2O15. The van der Waals surface area contributed by atoms with E-state index in [0.29, 0.717) is 19.3 Å². The number of ether oxygens (including phenoxy) is 4. The van der Waals surface area contributed by atoms with Crippen LogP contribution in [0.15, 0.2) is 0 Å². The minimum absolute atomic E-state index is 0.0257. The van der Waals surface area contributed by atoms with Crippen LogP contribution >= 0.6 is 0 Å². The Morgan fingerprint density at radius 1 is 0.486 bits per heavy atom. The summed E-state index contributed by atoms with van der Waals surface area (Å²) in [6.07, 6.45) is 24.7. The molecule has 0 aromatic carbocycles. The van der Waals surface area contributed by atoms with Gasteiger partial charge in [0.05, 0.1) is 25.4 Å². The van der Waals surface area contributed by atoms with Crippen LogP contribution in [-0.2, 0) is 52.5 Å². The van der Waals surface area contributed by atoms with Crippen molar-refractivity contribution in [3.05, 3.63) is 0 Å². The molecule has 0 aromatic rings. The number of aliphatic hydroxyl groups excluding tert-OH is 1. The van der Waals surface area contributed by atoms with Crippen molar-refractivity contribution in [2.24, 2.45) is 0 Å². The quantitative estimate of drug-likeness (QED) is 0.0244. The van der Waals surface area contributed by atoms with Gasteiger partial charge < -0.3 is 50.0 Å². The Balaban J connectivity index is 3.18. The first-order valence-corrected chi connectivity index (χ1v) is 29.3. The minimum Gasteiger partial charge on any atom is -0.481 e. The lowest BCUT2D eigenvalue weighted by Crippen LogP contribution is -2.66. The Hall–Kier alpha value is -3.83. The van der Waals surface area contributed by atoms with Crippen LogP contribution in [0.5, 0.6) is 0 Å².